The van der Waals surface area contributed by atoms with Gasteiger partial charge in [0, 0.05) is 6.04 Å². The van der Waals surface area contributed by atoms with Crippen LogP contribution in [0.15, 0.2) is 48.5 Å². The third-order valence-electron chi connectivity index (χ3n) is 4.16. The second kappa shape index (κ2) is 9.18. The zero-order valence-electron chi connectivity index (χ0n) is 15.8. The highest BCUT2D eigenvalue weighted by atomic mass is 19.1. The van der Waals surface area contributed by atoms with Crippen molar-refractivity contribution in [1.29, 1.82) is 0 Å². The van der Waals surface area contributed by atoms with Crippen LogP contribution < -0.4 is 15.4 Å². The molecule has 1 saturated carbocycles. The van der Waals surface area contributed by atoms with Gasteiger partial charge in [0.25, 0.3) is 11.8 Å². The summed E-state index contributed by atoms with van der Waals surface area (Å²) in [5, 5.41) is 5.44. The molecule has 2 aromatic carbocycles. The number of nitrogens with one attached hydrogen (secondary N) is 2. The summed E-state index contributed by atoms with van der Waals surface area (Å²) in [7, 11) is 0. The minimum Gasteiger partial charge on any atom is -0.479 e. The van der Waals surface area contributed by atoms with Gasteiger partial charge in [-0.25, -0.2) is 9.18 Å². The van der Waals surface area contributed by atoms with Crippen LogP contribution in [-0.4, -0.2) is 36.5 Å². The van der Waals surface area contributed by atoms with E-state index in [4.69, 9.17) is 9.47 Å². The monoisotopic (exact) mass is 400 g/mol. The molecule has 8 heteroatoms. The second-order valence-electron chi connectivity index (χ2n) is 6.66. The molecule has 3 rings (SSSR count). The number of hydrogen-bond acceptors (Lipinski definition) is 5. The topological polar surface area (TPSA) is 93.7 Å². The van der Waals surface area contributed by atoms with E-state index in [1.54, 1.807) is 24.3 Å². The molecule has 1 aliphatic carbocycles. The number of amides is 2. The molecule has 0 saturated heterocycles. The van der Waals surface area contributed by atoms with Gasteiger partial charge in [0.2, 0.25) is 0 Å². The molecule has 29 heavy (non-hydrogen) atoms. The molecule has 0 aliphatic heterocycles. The van der Waals surface area contributed by atoms with Crippen molar-refractivity contribution < 1.29 is 28.2 Å². The van der Waals surface area contributed by atoms with Crippen LogP contribution in [0.25, 0.3) is 0 Å². The van der Waals surface area contributed by atoms with Crippen LogP contribution in [0.4, 0.5) is 10.1 Å². The van der Waals surface area contributed by atoms with Crippen molar-refractivity contribution in [2.75, 3.05) is 11.9 Å². The fourth-order valence-corrected chi connectivity index (χ4v) is 2.49. The Morgan fingerprint density at radius 1 is 1.10 bits per heavy atom. The van der Waals surface area contributed by atoms with Crippen LogP contribution in [0.3, 0.4) is 0 Å². The molecule has 2 aromatic rings. The van der Waals surface area contributed by atoms with Crippen LogP contribution in [0.5, 0.6) is 5.75 Å². The van der Waals surface area contributed by atoms with E-state index in [1.165, 1.54) is 31.2 Å². The molecule has 2 amide bonds. The van der Waals surface area contributed by atoms with Gasteiger partial charge in [-0.05, 0) is 56.2 Å². The molecule has 1 aliphatic rings. The number of ether oxygens (including phenoxy) is 2. The maximum absolute atomic E-state index is 12.9. The number of hydrogen-bond donors (Lipinski definition) is 2. The van der Waals surface area contributed by atoms with Gasteiger partial charge in [-0.15, -0.1) is 0 Å². The molecular formula is C21H21FN2O5. The number of halogens is 1. The molecular weight excluding hydrogens is 379 g/mol. The minimum absolute atomic E-state index is 0.190. The second-order valence-corrected chi connectivity index (χ2v) is 6.66. The van der Waals surface area contributed by atoms with E-state index < -0.39 is 30.4 Å². The number of carbonyl (C=O) groups is 3. The summed E-state index contributed by atoms with van der Waals surface area (Å²) >= 11 is 0. The quantitative estimate of drug-likeness (QED) is 0.665. The van der Waals surface area contributed by atoms with Crippen LogP contribution in [0.1, 0.15) is 30.1 Å². The number of benzene rings is 2. The van der Waals surface area contributed by atoms with Gasteiger partial charge in [0.1, 0.15) is 11.6 Å². The summed E-state index contributed by atoms with van der Waals surface area (Å²) in [6, 6.07) is 12.0. The van der Waals surface area contributed by atoms with Crippen molar-refractivity contribution in [1.82, 2.24) is 5.32 Å². The predicted molar refractivity (Wildman–Crippen MR) is 103 cm³/mol. The highest BCUT2D eigenvalue weighted by Gasteiger charge is 2.25. The molecule has 0 heterocycles. The van der Waals surface area contributed by atoms with Crippen molar-refractivity contribution >= 4 is 23.5 Å². The normalized spacial score (nSPS) is 13.9. The first-order valence-corrected chi connectivity index (χ1v) is 9.21. The van der Waals surface area contributed by atoms with E-state index in [0.717, 1.165) is 12.8 Å². The molecule has 7 nitrogen and oxygen atoms in total. The molecule has 0 aromatic heterocycles. The Hall–Kier alpha value is -3.42. The van der Waals surface area contributed by atoms with Gasteiger partial charge < -0.3 is 20.1 Å². The highest BCUT2D eigenvalue weighted by Crippen LogP contribution is 2.21. The molecule has 1 atom stereocenters. The van der Waals surface area contributed by atoms with Crippen molar-refractivity contribution in [2.45, 2.75) is 31.9 Å². The van der Waals surface area contributed by atoms with Gasteiger partial charge in [-0.1, -0.05) is 12.1 Å². The first-order chi connectivity index (χ1) is 13.9. The Labute approximate surface area is 167 Å². The zero-order valence-corrected chi connectivity index (χ0v) is 15.8. The Balaban J connectivity index is 1.49. The Morgan fingerprint density at radius 2 is 1.79 bits per heavy atom. The fraction of sp³-hybridized carbons (Fsp3) is 0.286. The van der Waals surface area contributed by atoms with Crippen molar-refractivity contribution in [2.24, 2.45) is 0 Å². The Morgan fingerprint density at radius 3 is 2.48 bits per heavy atom. The Bertz CT molecular complexity index is 896. The molecule has 0 unspecified atom stereocenters. The van der Waals surface area contributed by atoms with E-state index in [9.17, 15) is 18.8 Å². The van der Waals surface area contributed by atoms with Gasteiger partial charge >= 0.3 is 5.97 Å². The smallest absolute Gasteiger partial charge is 0.347 e. The number of anilines is 1. The molecule has 152 valence electrons. The molecule has 2 N–H and O–H groups in total. The Kier molecular flexibility index (Phi) is 6.43. The van der Waals surface area contributed by atoms with E-state index in [-0.39, 0.29) is 11.9 Å². The third-order valence-corrected chi connectivity index (χ3v) is 4.16. The van der Waals surface area contributed by atoms with Crippen LogP contribution in [0, 0.1) is 5.82 Å². The summed E-state index contributed by atoms with van der Waals surface area (Å²) in [5.74, 6) is -1.71. The third kappa shape index (κ3) is 6.03. The molecule has 0 bridgehead atoms. The summed E-state index contributed by atoms with van der Waals surface area (Å²) in [6.45, 7) is 0.926. The lowest BCUT2D eigenvalue weighted by Crippen LogP contribution is -2.30. The summed E-state index contributed by atoms with van der Waals surface area (Å²) in [6.07, 6.45) is 0.924. The van der Waals surface area contributed by atoms with Crippen LogP contribution in [0.2, 0.25) is 0 Å². The summed E-state index contributed by atoms with van der Waals surface area (Å²) < 4.78 is 23.2. The minimum atomic E-state index is -0.982. The number of para-hydroxylation sites is 1. The predicted octanol–water partition coefficient (Wildman–Crippen LogP) is 2.67. The summed E-state index contributed by atoms with van der Waals surface area (Å²) in [5.41, 5.74) is 0.675. The maximum atomic E-state index is 12.9. The average Bonchev–Trinajstić information content (AvgIpc) is 3.52. The fourth-order valence-electron chi connectivity index (χ4n) is 2.49. The lowest BCUT2D eigenvalue weighted by Gasteiger charge is -2.14. The summed E-state index contributed by atoms with van der Waals surface area (Å²) in [4.78, 5) is 36.4. The molecule has 1 fully saturated rings. The van der Waals surface area contributed by atoms with Crippen molar-refractivity contribution in [3.05, 3.63) is 59.9 Å². The number of rotatable bonds is 8. The van der Waals surface area contributed by atoms with Crippen LogP contribution >= 0.6 is 0 Å². The van der Waals surface area contributed by atoms with Gasteiger partial charge in [0.05, 0.1) is 11.3 Å². The van der Waals surface area contributed by atoms with Gasteiger partial charge in [-0.2, -0.15) is 0 Å². The lowest BCUT2D eigenvalue weighted by molar-refractivity contribution is -0.153. The first-order valence-electron chi connectivity index (χ1n) is 9.21. The van der Waals surface area contributed by atoms with Crippen LogP contribution in [-0.2, 0) is 14.3 Å². The standard InChI is InChI=1S/C21H21FN2O5/c1-13(29-16-10-6-14(22)7-11-16)21(27)28-12-19(25)24-18-5-3-2-4-17(18)20(26)23-15-8-9-15/h2-7,10-11,13,15H,8-9,12H2,1H3,(H,23,26)(H,24,25)/t13-/m1/s1. The first kappa shape index (κ1) is 20.3. The largest absolute Gasteiger partial charge is 0.479 e. The van der Waals surface area contributed by atoms with E-state index >= 15 is 0 Å². The van der Waals surface area contributed by atoms with Gasteiger partial charge in [-0.3, -0.25) is 9.59 Å². The van der Waals surface area contributed by atoms with E-state index in [2.05, 4.69) is 10.6 Å². The van der Waals surface area contributed by atoms with Gasteiger partial charge in [0.15, 0.2) is 12.7 Å². The lowest BCUT2D eigenvalue weighted by atomic mass is 10.1. The van der Waals surface area contributed by atoms with Crippen molar-refractivity contribution in [3.63, 3.8) is 0 Å². The van der Waals surface area contributed by atoms with E-state index in [1.807, 2.05) is 0 Å². The molecule has 0 spiro atoms. The average molecular weight is 400 g/mol. The zero-order chi connectivity index (χ0) is 20.8. The number of carbonyl (C=O) groups excluding carboxylic acids is 3. The van der Waals surface area contributed by atoms with E-state index in [0.29, 0.717) is 17.0 Å². The van der Waals surface area contributed by atoms with Crippen molar-refractivity contribution in [3.8, 4) is 5.75 Å². The maximum Gasteiger partial charge on any atom is 0.347 e. The molecule has 0 radical (unpaired) electrons. The highest BCUT2D eigenvalue weighted by molar-refractivity contribution is 6.04. The number of esters is 1. The SMILES string of the molecule is C[C@@H](Oc1ccc(F)cc1)C(=O)OCC(=O)Nc1ccccc1C(=O)NC1CC1.